The van der Waals surface area contributed by atoms with Crippen LogP contribution in [0.1, 0.15) is 17.2 Å². The van der Waals surface area contributed by atoms with E-state index in [4.69, 9.17) is 5.73 Å². The van der Waals surface area contributed by atoms with Gasteiger partial charge in [0, 0.05) is 52.4 Å². The molecule has 4 heterocycles. The second kappa shape index (κ2) is 4.98. The highest BCUT2D eigenvalue weighted by Gasteiger charge is 2.27. The predicted octanol–water partition coefficient (Wildman–Crippen LogP) is 3.43. The number of fused-ring (bicyclic) bond motifs is 2. The minimum absolute atomic E-state index is 0.148. The maximum Gasteiger partial charge on any atom is 0.138 e. The van der Waals surface area contributed by atoms with Crippen LogP contribution in [0.5, 0.6) is 5.75 Å². The number of hydrogen-bond acceptors (Lipinski definition) is 5. The molecular weight excluding hydrogens is 314 g/mol. The van der Waals surface area contributed by atoms with E-state index in [1.54, 1.807) is 24.5 Å². The van der Waals surface area contributed by atoms with Gasteiger partial charge in [-0.15, -0.1) is 0 Å². The molecule has 6 heteroatoms. The summed E-state index contributed by atoms with van der Waals surface area (Å²) in [5, 5.41) is 14.3. The van der Waals surface area contributed by atoms with Crippen molar-refractivity contribution in [3.63, 3.8) is 0 Å². The van der Waals surface area contributed by atoms with Gasteiger partial charge < -0.3 is 21.1 Å². The van der Waals surface area contributed by atoms with Gasteiger partial charge >= 0.3 is 0 Å². The number of hydrogen-bond donors (Lipinski definition) is 4. The first-order chi connectivity index (χ1) is 12.2. The third-order valence-corrected chi connectivity index (χ3v) is 4.68. The van der Waals surface area contributed by atoms with E-state index in [2.05, 4.69) is 20.3 Å². The Hall–Kier alpha value is -3.54. The standard InChI is InChI=1S/C19H15N5O/c20-15-8-10(25)3-4-13(15)17-14-9-23-19-16(14)11(5-7-22-19)12-2-1-6-21-18(12)24-17/h1-9,17,25H,20H2,(H,21,24)(H,22,23). The van der Waals surface area contributed by atoms with E-state index in [1.165, 1.54) is 0 Å². The molecular formula is C19H15N5O. The van der Waals surface area contributed by atoms with E-state index >= 15 is 0 Å². The molecule has 6 nitrogen and oxygen atoms in total. The number of rotatable bonds is 1. The molecule has 4 aromatic rings. The van der Waals surface area contributed by atoms with Gasteiger partial charge in [0.1, 0.15) is 17.2 Å². The average molecular weight is 329 g/mol. The van der Waals surface area contributed by atoms with Gasteiger partial charge in [-0.1, -0.05) is 6.07 Å². The van der Waals surface area contributed by atoms with Crippen molar-refractivity contribution in [3.8, 4) is 16.9 Å². The van der Waals surface area contributed by atoms with Crippen LogP contribution in [0.4, 0.5) is 11.5 Å². The number of nitrogen functional groups attached to an aromatic ring is 1. The number of phenolic OH excluding ortho intramolecular Hbond substituents is 1. The van der Waals surface area contributed by atoms with Gasteiger partial charge in [0.25, 0.3) is 0 Å². The summed E-state index contributed by atoms with van der Waals surface area (Å²) in [6.45, 7) is 0. The summed E-state index contributed by atoms with van der Waals surface area (Å²) in [6.07, 6.45) is 5.52. The van der Waals surface area contributed by atoms with Gasteiger partial charge in [-0.3, -0.25) is 0 Å². The Labute approximate surface area is 143 Å². The Morgan fingerprint density at radius 3 is 2.80 bits per heavy atom. The smallest absolute Gasteiger partial charge is 0.138 e. The monoisotopic (exact) mass is 329 g/mol. The first kappa shape index (κ1) is 13.9. The number of nitrogens with one attached hydrogen (secondary N) is 2. The van der Waals surface area contributed by atoms with Crippen LogP contribution in [0.15, 0.2) is 55.0 Å². The Morgan fingerprint density at radius 2 is 1.92 bits per heavy atom. The first-order valence-electron chi connectivity index (χ1n) is 7.98. The van der Waals surface area contributed by atoms with E-state index in [0.29, 0.717) is 5.69 Å². The van der Waals surface area contributed by atoms with Crippen molar-refractivity contribution in [1.82, 2.24) is 15.0 Å². The summed E-state index contributed by atoms with van der Waals surface area (Å²) in [7, 11) is 0. The molecule has 122 valence electrons. The quantitative estimate of drug-likeness (QED) is 0.401. The van der Waals surface area contributed by atoms with Crippen LogP contribution >= 0.6 is 0 Å². The summed E-state index contributed by atoms with van der Waals surface area (Å²) in [5.74, 6) is 0.943. The van der Waals surface area contributed by atoms with E-state index in [0.717, 1.165) is 39.1 Å². The highest BCUT2D eigenvalue weighted by Crippen LogP contribution is 2.43. The van der Waals surface area contributed by atoms with Crippen molar-refractivity contribution >= 4 is 22.5 Å². The molecule has 1 atom stereocenters. The van der Waals surface area contributed by atoms with E-state index in [9.17, 15) is 5.11 Å². The fourth-order valence-corrected chi connectivity index (χ4v) is 3.56. The molecule has 0 fully saturated rings. The van der Waals surface area contributed by atoms with Crippen LogP contribution in [-0.2, 0) is 0 Å². The van der Waals surface area contributed by atoms with Crippen molar-refractivity contribution in [3.05, 3.63) is 66.1 Å². The summed E-state index contributed by atoms with van der Waals surface area (Å²) >= 11 is 0. The van der Waals surface area contributed by atoms with Gasteiger partial charge in [-0.05, 0) is 29.8 Å². The summed E-state index contributed by atoms with van der Waals surface area (Å²) in [5.41, 5.74) is 11.6. The minimum Gasteiger partial charge on any atom is -0.508 e. The molecule has 1 aliphatic heterocycles. The lowest BCUT2D eigenvalue weighted by Gasteiger charge is -2.20. The third kappa shape index (κ3) is 1.97. The first-order valence-corrected chi connectivity index (χ1v) is 7.98. The van der Waals surface area contributed by atoms with Gasteiger partial charge in [-0.25, -0.2) is 9.97 Å². The summed E-state index contributed by atoms with van der Waals surface area (Å²) in [4.78, 5) is 12.2. The number of aromatic nitrogens is 3. The molecule has 0 saturated carbocycles. The molecule has 0 radical (unpaired) electrons. The molecule has 3 aromatic heterocycles. The predicted molar refractivity (Wildman–Crippen MR) is 97.3 cm³/mol. The van der Waals surface area contributed by atoms with Crippen LogP contribution in [0.2, 0.25) is 0 Å². The Balaban J connectivity index is 1.85. The molecule has 0 spiro atoms. The van der Waals surface area contributed by atoms with Crippen molar-refractivity contribution in [2.75, 3.05) is 11.1 Å². The zero-order valence-electron chi connectivity index (χ0n) is 13.2. The van der Waals surface area contributed by atoms with E-state index in [-0.39, 0.29) is 11.8 Å². The highest BCUT2D eigenvalue weighted by atomic mass is 16.3. The van der Waals surface area contributed by atoms with Gasteiger partial charge in [0.15, 0.2) is 0 Å². The molecule has 1 aromatic carbocycles. The van der Waals surface area contributed by atoms with Crippen LogP contribution in [0, 0.1) is 0 Å². The Bertz CT molecular complexity index is 1120. The van der Waals surface area contributed by atoms with E-state index < -0.39 is 0 Å². The highest BCUT2D eigenvalue weighted by molar-refractivity contribution is 6.00. The van der Waals surface area contributed by atoms with Crippen molar-refractivity contribution in [1.29, 1.82) is 0 Å². The molecule has 0 bridgehead atoms. The van der Waals surface area contributed by atoms with Crippen molar-refractivity contribution in [2.24, 2.45) is 0 Å². The lowest BCUT2D eigenvalue weighted by Crippen LogP contribution is -2.14. The number of aromatic amines is 1. The second-order valence-corrected chi connectivity index (χ2v) is 6.12. The topological polar surface area (TPSA) is 99.8 Å². The lowest BCUT2D eigenvalue weighted by molar-refractivity contribution is 0.475. The number of nitrogens with zero attached hydrogens (tertiary/aromatic N) is 2. The maximum atomic E-state index is 9.69. The molecule has 25 heavy (non-hydrogen) atoms. The average Bonchev–Trinajstić information content (AvgIpc) is 2.98. The number of aromatic hydroxyl groups is 1. The second-order valence-electron chi connectivity index (χ2n) is 6.12. The fraction of sp³-hybridized carbons (Fsp3) is 0.0526. The van der Waals surface area contributed by atoms with Crippen LogP contribution < -0.4 is 11.1 Å². The normalized spacial score (nSPS) is 15.4. The van der Waals surface area contributed by atoms with Crippen LogP contribution in [0.25, 0.3) is 22.2 Å². The number of H-pyrrole nitrogens is 1. The molecule has 5 rings (SSSR count). The molecule has 0 aliphatic carbocycles. The minimum atomic E-state index is -0.201. The number of anilines is 2. The van der Waals surface area contributed by atoms with E-state index in [1.807, 2.05) is 30.5 Å². The number of nitrogens with two attached hydrogens (primary N) is 1. The van der Waals surface area contributed by atoms with Crippen LogP contribution in [-0.4, -0.2) is 20.1 Å². The SMILES string of the molecule is Nc1cc(O)ccc1C1Nc2ncccc2-c2ccnc3[nH]cc1c23. The molecule has 0 amide bonds. The van der Waals surface area contributed by atoms with Gasteiger partial charge in [0.05, 0.1) is 6.04 Å². The van der Waals surface area contributed by atoms with Crippen molar-refractivity contribution < 1.29 is 5.11 Å². The zero-order chi connectivity index (χ0) is 17.0. The van der Waals surface area contributed by atoms with Gasteiger partial charge in [-0.2, -0.15) is 0 Å². The lowest BCUT2D eigenvalue weighted by atomic mass is 9.96. The zero-order valence-corrected chi connectivity index (χ0v) is 13.2. The Kier molecular flexibility index (Phi) is 2.76. The van der Waals surface area contributed by atoms with Gasteiger partial charge in [0.2, 0.25) is 0 Å². The molecule has 0 saturated heterocycles. The maximum absolute atomic E-state index is 9.69. The summed E-state index contributed by atoms with van der Waals surface area (Å²) in [6, 6.07) is 10.8. The summed E-state index contributed by atoms with van der Waals surface area (Å²) < 4.78 is 0. The number of pyridine rings is 2. The molecule has 5 N–H and O–H groups in total. The number of phenols is 1. The third-order valence-electron chi connectivity index (χ3n) is 4.68. The molecule has 1 aliphatic rings. The molecule has 1 unspecified atom stereocenters. The van der Waals surface area contributed by atoms with Crippen molar-refractivity contribution in [2.45, 2.75) is 6.04 Å². The Morgan fingerprint density at radius 1 is 1.00 bits per heavy atom. The van der Waals surface area contributed by atoms with Crippen LogP contribution in [0.3, 0.4) is 0 Å². The largest absolute Gasteiger partial charge is 0.508 e. The number of benzene rings is 1. The fourth-order valence-electron chi connectivity index (χ4n) is 3.56.